The van der Waals surface area contributed by atoms with Crippen molar-refractivity contribution in [1.29, 1.82) is 0 Å². The molecule has 12 heteroatoms. The summed E-state index contributed by atoms with van der Waals surface area (Å²) in [7, 11) is 0. The topological polar surface area (TPSA) is 118 Å². The van der Waals surface area contributed by atoms with E-state index < -0.39 is 0 Å². The fourth-order valence-corrected chi connectivity index (χ4v) is 0.0345. The van der Waals surface area contributed by atoms with E-state index in [1.54, 1.807) is 0 Å². The fourth-order valence-electron chi connectivity index (χ4n) is 0.0115. The summed E-state index contributed by atoms with van der Waals surface area (Å²) in [4.78, 5) is 0. The minimum absolute atomic E-state index is 0. The SMILES string of the molecule is C.C.C.C.FF.FF.N.N.OOOOCl.[B]. The van der Waals surface area contributed by atoms with Crippen LogP contribution >= 0.6 is 11.9 Å². The summed E-state index contributed by atoms with van der Waals surface area (Å²) in [6.07, 6.45) is 0. The quantitative estimate of drug-likeness (QED) is 0.294. The molecule has 0 rings (SSSR count). The predicted octanol–water partition coefficient (Wildman–Crippen LogP) is 4.66. The molecule has 0 aromatic rings. The third-order valence-corrected chi connectivity index (χ3v) is 0.108. The lowest BCUT2D eigenvalue weighted by Gasteiger charge is -1.78. The lowest BCUT2D eigenvalue weighted by Crippen LogP contribution is -1.78. The molecule has 3 radical (unpaired) electrons. The van der Waals surface area contributed by atoms with Gasteiger partial charge in [-0.3, -0.25) is 0 Å². The van der Waals surface area contributed by atoms with E-state index in [0.717, 1.165) is 0 Å². The Morgan fingerprint density at radius 3 is 1.00 bits per heavy atom. The van der Waals surface area contributed by atoms with Crippen molar-refractivity contribution in [3.8, 4) is 0 Å². The maximum Gasteiger partial charge on any atom is 0.103 e. The zero-order chi connectivity index (χ0) is 8.12. The monoisotopic (exact) mass is 285 g/mol. The van der Waals surface area contributed by atoms with Crippen LogP contribution in [0.1, 0.15) is 29.7 Å². The second kappa shape index (κ2) is 353. The van der Waals surface area contributed by atoms with Gasteiger partial charge in [-0.05, 0) is 10.1 Å². The van der Waals surface area contributed by atoms with E-state index in [2.05, 4.69) is 26.4 Å². The van der Waals surface area contributed by atoms with Crippen molar-refractivity contribution < 1.29 is 38.1 Å². The molecule has 111 valence electrons. The van der Waals surface area contributed by atoms with E-state index in [1.165, 1.54) is 0 Å². The molecule has 0 amide bonds. The Bertz CT molecular complexity index is 45.5. The van der Waals surface area contributed by atoms with Crippen molar-refractivity contribution in [2.75, 3.05) is 0 Å². The molecule has 16 heavy (non-hydrogen) atoms. The van der Waals surface area contributed by atoms with Crippen LogP contribution in [0.25, 0.3) is 0 Å². The Labute approximate surface area is 101 Å². The van der Waals surface area contributed by atoms with Crippen LogP contribution in [0.2, 0.25) is 0 Å². The van der Waals surface area contributed by atoms with E-state index in [9.17, 15) is 0 Å². The van der Waals surface area contributed by atoms with E-state index in [4.69, 9.17) is 23.6 Å². The molecular formula is C4H23BClF4N2O4. The molecule has 0 aliphatic heterocycles. The number of hydrogen-bond acceptors (Lipinski definition) is 6. The van der Waals surface area contributed by atoms with Gasteiger partial charge in [0.1, 0.15) is 11.9 Å². The Kier molecular flexibility index (Phi) is 2260. The van der Waals surface area contributed by atoms with Crippen LogP contribution in [-0.2, 0) is 14.5 Å². The minimum atomic E-state index is 0. The molecule has 0 fully saturated rings. The van der Waals surface area contributed by atoms with E-state index >= 15 is 0 Å². The van der Waals surface area contributed by atoms with Crippen molar-refractivity contribution in [2.45, 2.75) is 29.7 Å². The van der Waals surface area contributed by atoms with Crippen LogP contribution in [0, 0.1) is 0 Å². The Hall–Kier alpha value is -0.165. The van der Waals surface area contributed by atoms with Crippen LogP contribution < -0.4 is 12.3 Å². The van der Waals surface area contributed by atoms with Gasteiger partial charge in [-0.2, -0.15) is 0 Å². The third-order valence-electron chi connectivity index (χ3n) is 0.0561. The highest BCUT2D eigenvalue weighted by Gasteiger charge is 1.69. The summed E-state index contributed by atoms with van der Waals surface area (Å²) in [6.45, 7) is 0. The first-order chi connectivity index (χ1) is 4.41. The highest BCUT2D eigenvalue weighted by molar-refractivity contribution is 6.06. The molecule has 0 aliphatic rings. The smallest absolute Gasteiger partial charge is 0.103 e. The Morgan fingerprint density at radius 1 is 0.812 bits per heavy atom. The fraction of sp³-hybridized carbons (Fsp3) is 1.00. The lowest BCUT2D eigenvalue weighted by molar-refractivity contribution is -0.595. The van der Waals surface area contributed by atoms with Crippen LogP contribution in [0.4, 0.5) is 18.3 Å². The maximum absolute atomic E-state index is 8.00. The summed E-state index contributed by atoms with van der Waals surface area (Å²) in [5.74, 6) is 0. The normalized spacial score (nSPS) is 3.38. The third kappa shape index (κ3) is 677. The van der Waals surface area contributed by atoms with Crippen molar-refractivity contribution in [2.24, 2.45) is 0 Å². The molecule has 0 spiro atoms. The van der Waals surface area contributed by atoms with Gasteiger partial charge < -0.3 is 12.3 Å². The molecule has 0 saturated heterocycles. The summed E-state index contributed by atoms with van der Waals surface area (Å²) < 4.78 is 35.2. The Balaban J connectivity index is -0.00000000380. The van der Waals surface area contributed by atoms with Crippen molar-refractivity contribution in [3.63, 3.8) is 0 Å². The molecule has 0 saturated carbocycles. The summed E-state index contributed by atoms with van der Waals surface area (Å²) in [6, 6.07) is 0. The standard InChI is InChI=1S/4CH4.B.ClHO4.2F2.2H3N/c;;;;;1-3-5-4-2;2*1-2;;/h4*1H4;;2H;;;2*1H3. The van der Waals surface area contributed by atoms with Gasteiger partial charge in [0.05, 0.1) is 0 Å². The number of halogens is 5. The molecule has 0 aromatic heterocycles. The highest BCUT2D eigenvalue weighted by atomic mass is 35.5. The second-order valence-corrected chi connectivity index (χ2v) is 0.332. The molecule has 0 aromatic carbocycles. The average molecular weight is 285 g/mol. The molecule has 7 N–H and O–H groups in total. The van der Waals surface area contributed by atoms with E-state index in [-0.39, 0.29) is 50.4 Å². The molecule has 0 unspecified atom stereocenters. The first kappa shape index (κ1) is 102. The van der Waals surface area contributed by atoms with Gasteiger partial charge in [0.25, 0.3) is 0 Å². The van der Waals surface area contributed by atoms with Gasteiger partial charge in [-0.1, -0.05) is 34.1 Å². The second-order valence-electron chi connectivity index (χ2n) is 0.206. The largest absolute Gasteiger partial charge is 0.344 e. The number of rotatable bonds is 2. The van der Waals surface area contributed by atoms with Gasteiger partial charge in [-0.25, -0.2) is 5.26 Å². The zero-order valence-corrected chi connectivity index (χ0v) is 6.31. The van der Waals surface area contributed by atoms with E-state index in [0.29, 0.717) is 0 Å². The van der Waals surface area contributed by atoms with Gasteiger partial charge in [-0.15, -0.1) is 0 Å². The van der Waals surface area contributed by atoms with Gasteiger partial charge >= 0.3 is 0 Å². The van der Waals surface area contributed by atoms with Crippen LogP contribution in [0.5, 0.6) is 0 Å². The molecular weight excluding hydrogens is 262 g/mol. The van der Waals surface area contributed by atoms with Crippen LogP contribution in [-0.4, -0.2) is 13.7 Å². The average Bonchev–Trinajstić information content (AvgIpc) is 1.98. The summed E-state index contributed by atoms with van der Waals surface area (Å²) >= 11 is 4.29. The van der Waals surface area contributed by atoms with Gasteiger partial charge in [0, 0.05) is 26.7 Å². The first-order valence-corrected chi connectivity index (χ1v) is 1.26. The summed E-state index contributed by atoms with van der Waals surface area (Å²) in [5.41, 5.74) is 0. The van der Waals surface area contributed by atoms with Crippen LogP contribution in [0.3, 0.4) is 0 Å². The van der Waals surface area contributed by atoms with Gasteiger partial charge in [0.2, 0.25) is 0 Å². The van der Waals surface area contributed by atoms with Crippen molar-refractivity contribution in [1.82, 2.24) is 12.3 Å². The molecule has 0 aliphatic carbocycles. The van der Waals surface area contributed by atoms with Crippen molar-refractivity contribution in [3.05, 3.63) is 0 Å². The highest BCUT2D eigenvalue weighted by Crippen LogP contribution is 1.77. The molecule has 0 atom stereocenters. The summed E-state index contributed by atoms with van der Waals surface area (Å²) in [5, 5.41) is 13.1. The first-order valence-electron chi connectivity index (χ1n) is 0.956. The molecule has 0 bridgehead atoms. The zero-order valence-electron chi connectivity index (χ0n) is 5.55. The molecule has 0 heterocycles. The maximum atomic E-state index is 8.00. The lowest BCUT2D eigenvalue weighted by atomic mass is 10.8. The predicted molar refractivity (Wildman–Crippen MR) is 58.9 cm³/mol. The van der Waals surface area contributed by atoms with E-state index in [1.807, 2.05) is 0 Å². The number of hydrogen-bond donors (Lipinski definition) is 3. The van der Waals surface area contributed by atoms with Crippen molar-refractivity contribution >= 4 is 20.3 Å². The Morgan fingerprint density at radius 2 is 1.00 bits per heavy atom. The van der Waals surface area contributed by atoms with Gasteiger partial charge in [0.15, 0.2) is 0 Å². The minimum Gasteiger partial charge on any atom is -0.344 e. The molecule has 6 nitrogen and oxygen atoms in total. The van der Waals surface area contributed by atoms with Crippen LogP contribution in [0.15, 0.2) is 0 Å².